The van der Waals surface area contributed by atoms with Crippen LogP contribution in [0.1, 0.15) is 44.6 Å². The minimum Gasteiger partial charge on any atom is -0.503 e. The molecule has 0 aliphatic heterocycles. The minimum atomic E-state index is -0.495. The van der Waals surface area contributed by atoms with E-state index in [0.29, 0.717) is 24.4 Å². The molecule has 1 aromatic heterocycles. The lowest BCUT2D eigenvalue weighted by Crippen LogP contribution is -2.30. The van der Waals surface area contributed by atoms with Crippen molar-refractivity contribution in [2.75, 3.05) is 19.7 Å². The molecule has 0 aliphatic carbocycles. The van der Waals surface area contributed by atoms with Crippen LogP contribution in [0.15, 0.2) is 10.9 Å². The first-order valence-corrected chi connectivity index (χ1v) is 7.44. The van der Waals surface area contributed by atoms with E-state index in [1.165, 1.54) is 6.07 Å². The largest absolute Gasteiger partial charge is 0.503 e. The number of aliphatic hydroxyl groups is 2. The molecule has 0 fully saturated rings. The third kappa shape index (κ3) is 3.84. The first-order valence-electron chi connectivity index (χ1n) is 7.44. The molecule has 0 bridgehead atoms. The average Bonchev–Trinajstić information content (AvgIpc) is 2.51. The van der Waals surface area contributed by atoms with Gasteiger partial charge in [0.25, 0.3) is 0 Å². The van der Waals surface area contributed by atoms with Crippen LogP contribution in [0.2, 0.25) is 0 Å². The molecule has 0 saturated carbocycles. The topological polar surface area (TPSA) is 85.9 Å². The number of aliphatic hydroxyl groups excluding tert-OH is 2. The number of hydrogen-bond donors (Lipinski definition) is 3. The summed E-state index contributed by atoms with van der Waals surface area (Å²) in [6.45, 7) is 7.46. The molecule has 0 amide bonds. The Morgan fingerprint density at radius 1 is 1.24 bits per heavy atom. The van der Waals surface area contributed by atoms with Crippen molar-refractivity contribution < 1.29 is 15.3 Å². The highest BCUT2D eigenvalue weighted by atomic mass is 16.3. The van der Waals surface area contributed by atoms with Crippen LogP contribution in [0.5, 0.6) is 5.75 Å². The Hall–Kier alpha value is -1.37. The molecule has 6 nitrogen and oxygen atoms in total. The number of aromatic nitrogens is 1. The number of pyridine rings is 1. The zero-order chi connectivity index (χ0) is 16.0. The fraction of sp³-hybridized carbons (Fsp3) is 0.667. The maximum atomic E-state index is 11.9. The van der Waals surface area contributed by atoms with Gasteiger partial charge in [-0.15, -0.1) is 0 Å². The molecule has 0 radical (unpaired) electrons. The summed E-state index contributed by atoms with van der Waals surface area (Å²) >= 11 is 0. The van der Waals surface area contributed by atoms with E-state index in [1.807, 2.05) is 20.8 Å². The van der Waals surface area contributed by atoms with E-state index in [-0.39, 0.29) is 25.0 Å². The maximum absolute atomic E-state index is 11.9. The second kappa shape index (κ2) is 8.17. The van der Waals surface area contributed by atoms with Gasteiger partial charge in [0.05, 0.1) is 24.9 Å². The van der Waals surface area contributed by atoms with Gasteiger partial charge in [0, 0.05) is 18.3 Å². The van der Waals surface area contributed by atoms with Crippen molar-refractivity contribution in [3.8, 4) is 5.75 Å². The van der Waals surface area contributed by atoms with E-state index in [9.17, 15) is 20.1 Å². The molecule has 1 aromatic rings. The van der Waals surface area contributed by atoms with Gasteiger partial charge >= 0.3 is 0 Å². The van der Waals surface area contributed by atoms with Crippen LogP contribution in [-0.2, 0) is 13.2 Å². The summed E-state index contributed by atoms with van der Waals surface area (Å²) < 4.78 is 1.70. The van der Waals surface area contributed by atoms with Crippen LogP contribution >= 0.6 is 0 Å². The molecule has 0 spiro atoms. The van der Waals surface area contributed by atoms with E-state index in [0.717, 1.165) is 13.1 Å². The van der Waals surface area contributed by atoms with Gasteiger partial charge in [0.2, 0.25) is 5.43 Å². The summed E-state index contributed by atoms with van der Waals surface area (Å²) in [6.07, 6.45) is 0.636. The van der Waals surface area contributed by atoms with Gasteiger partial charge in [0.1, 0.15) is 0 Å². The Balaban J connectivity index is 3.48. The lowest BCUT2D eigenvalue weighted by molar-refractivity contribution is 0.196. The Labute approximate surface area is 125 Å². The fourth-order valence-electron chi connectivity index (χ4n) is 2.50. The second-order valence-electron chi connectivity index (χ2n) is 5.03. The van der Waals surface area contributed by atoms with Gasteiger partial charge in [0.15, 0.2) is 5.75 Å². The normalized spacial score (nSPS) is 12.9. The minimum absolute atomic E-state index is 0.114. The van der Waals surface area contributed by atoms with Crippen LogP contribution in [0.25, 0.3) is 0 Å². The molecule has 0 saturated heterocycles. The summed E-state index contributed by atoms with van der Waals surface area (Å²) in [5, 5.41) is 29.2. The van der Waals surface area contributed by atoms with Gasteiger partial charge in [-0.3, -0.25) is 9.69 Å². The third-order valence-electron chi connectivity index (χ3n) is 3.88. The first kappa shape index (κ1) is 17.7. The number of nitrogens with zero attached hydrogens (tertiary/aromatic N) is 2. The van der Waals surface area contributed by atoms with Gasteiger partial charge in [-0.1, -0.05) is 20.8 Å². The van der Waals surface area contributed by atoms with E-state index in [2.05, 4.69) is 4.90 Å². The predicted octanol–water partition coefficient (Wildman–Crippen LogP) is 0.831. The van der Waals surface area contributed by atoms with Gasteiger partial charge < -0.3 is 19.9 Å². The lowest BCUT2D eigenvalue weighted by atomic mass is 10.1. The fourth-order valence-corrected chi connectivity index (χ4v) is 2.50. The molecular weight excluding hydrogens is 272 g/mol. The quantitative estimate of drug-likeness (QED) is 0.662. The van der Waals surface area contributed by atoms with Gasteiger partial charge in [-0.05, 0) is 19.5 Å². The maximum Gasteiger partial charge on any atom is 0.223 e. The first-order chi connectivity index (χ1) is 10.0. The van der Waals surface area contributed by atoms with Crippen LogP contribution in [0.4, 0.5) is 0 Å². The molecule has 6 heteroatoms. The summed E-state index contributed by atoms with van der Waals surface area (Å²) in [5.74, 6) is -0.300. The summed E-state index contributed by atoms with van der Waals surface area (Å²) in [6, 6.07) is 0.962. The Morgan fingerprint density at radius 3 is 2.29 bits per heavy atom. The monoisotopic (exact) mass is 298 g/mol. The number of rotatable bonds is 8. The highest BCUT2D eigenvalue weighted by Crippen LogP contribution is 2.23. The van der Waals surface area contributed by atoms with Crippen LogP contribution < -0.4 is 5.43 Å². The molecule has 1 unspecified atom stereocenters. The molecule has 1 heterocycles. The summed E-state index contributed by atoms with van der Waals surface area (Å²) in [7, 11) is 0. The highest BCUT2D eigenvalue weighted by Gasteiger charge is 2.21. The Morgan fingerprint density at radius 2 is 1.86 bits per heavy atom. The van der Waals surface area contributed by atoms with Crippen molar-refractivity contribution >= 4 is 0 Å². The zero-order valence-electron chi connectivity index (χ0n) is 13.0. The number of hydrogen-bond acceptors (Lipinski definition) is 5. The molecule has 21 heavy (non-hydrogen) atoms. The van der Waals surface area contributed by atoms with E-state index in [4.69, 9.17) is 0 Å². The van der Waals surface area contributed by atoms with Gasteiger partial charge in [-0.25, -0.2) is 0 Å². The molecule has 120 valence electrons. The van der Waals surface area contributed by atoms with Crippen molar-refractivity contribution in [3.63, 3.8) is 0 Å². The van der Waals surface area contributed by atoms with Crippen molar-refractivity contribution in [2.45, 2.75) is 46.4 Å². The molecule has 0 aromatic carbocycles. The van der Waals surface area contributed by atoms with Crippen molar-refractivity contribution in [1.82, 2.24) is 9.47 Å². The Bertz CT molecular complexity index is 505. The zero-order valence-corrected chi connectivity index (χ0v) is 13.0. The van der Waals surface area contributed by atoms with Crippen molar-refractivity contribution in [1.29, 1.82) is 0 Å². The third-order valence-corrected chi connectivity index (χ3v) is 3.88. The van der Waals surface area contributed by atoms with Crippen molar-refractivity contribution in [3.05, 3.63) is 27.7 Å². The number of aromatic hydroxyl groups is 1. The molecule has 0 aliphatic rings. The van der Waals surface area contributed by atoms with Crippen LogP contribution in [-0.4, -0.2) is 44.5 Å². The predicted molar refractivity (Wildman–Crippen MR) is 81.3 cm³/mol. The molecule has 1 rings (SSSR count). The standard InChI is InChI=1S/C15H26N2O4/c1-4-11(9-18)17-12(10-19)7-14(20)15(21)13(17)8-16(5-2)6-3/h7,11,18-19,21H,4-6,8-10H2,1-3H3. The average molecular weight is 298 g/mol. The van der Waals surface area contributed by atoms with Crippen LogP contribution in [0.3, 0.4) is 0 Å². The molecule has 1 atom stereocenters. The highest BCUT2D eigenvalue weighted by molar-refractivity contribution is 5.30. The molecular formula is C15H26N2O4. The SMILES string of the molecule is CCC(CO)n1c(CO)cc(=O)c(O)c1CN(CC)CC. The van der Waals surface area contributed by atoms with E-state index in [1.54, 1.807) is 4.57 Å². The second-order valence-corrected chi connectivity index (χ2v) is 5.03. The summed E-state index contributed by atoms with van der Waals surface area (Å²) in [5.41, 5.74) is 0.377. The smallest absolute Gasteiger partial charge is 0.223 e. The lowest BCUT2D eigenvalue weighted by Gasteiger charge is -2.28. The van der Waals surface area contributed by atoms with Gasteiger partial charge in [-0.2, -0.15) is 0 Å². The van der Waals surface area contributed by atoms with E-state index < -0.39 is 5.43 Å². The molecule has 3 N–H and O–H groups in total. The van der Waals surface area contributed by atoms with Crippen LogP contribution in [0, 0.1) is 0 Å². The van der Waals surface area contributed by atoms with E-state index >= 15 is 0 Å². The Kier molecular flexibility index (Phi) is 6.87. The summed E-state index contributed by atoms with van der Waals surface area (Å²) in [4.78, 5) is 13.9. The van der Waals surface area contributed by atoms with Crippen molar-refractivity contribution in [2.24, 2.45) is 0 Å².